The fraction of sp³-hybridized carbons (Fsp3) is 0.381. The summed E-state index contributed by atoms with van der Waals surface area (Å²) < 4.78 is 16.5. The van der Waals surface area contributed by atoms with Gasteiger partial charge in [-0.1, -0.05) is 6.07 Å². The number of methoxy groups -OCH3 is 1. The number of rotatable bonds is 9. The van der Waals surface area contributed by atoms with E-state index in [-0.39, 0.29) is 5.91 Å². The molecule has 0 radical (unpaired) electrons. The zero-order chi connectivity index (χ0) is 19.8. The van der Waals surface area contributed by atoms with Crippen molar-refractivity contribution in [3.05, 3.63) is 42.0 Å². The number of hydrogen-bond acceptors (Lipinski definition) is 5. The van der Waals surface area contributed by atoms with Crippen molar-refractivity contribution in [2.24, 2.45) is 0 Å². The Morgan fingerprint density at radius 2 is 1.70 bits per heavy atom. The molecule has 0 saturated heterocycles. The van der Waals surface area contributed by atoms with Crippen molar-refractivity contribution in [1.82, 2.24) is 0 Å². The van der Waals surface area contributed by atoms with Crippen molar-refractivity contribution in [2.45, 2.75) is 33.7 Å². The molecule has 2 N–H and O–H groups in total. The Bertz CT molecular complexity index is 777. The van der Waals surface area contributed by atoms with Crippen molar-refractivity contribution in [3.63, 3.8) is 0 Å². The van der Waals surface area contributed by atoms with Gasteiger partial charge in [0, 0.05) is 6.07 Å². The number of carbonyl (C=O) groups excluding carboxylic acids is 1. The average Bonchev–Trinajstić information content (AvgIpc) is 2.64. The summed E-state index contributed by atoms with van der Waals surface area (Å²) in [6, 6.07) is 10.7. The third kappa shape index (κ3) is 5.54. The standard InChI is InChI=1S/C21H28N2O4/c1-6-26-16-9-11-20(27-7-2)18(13-16)22-15(4)21(24)23-17-12-14(3)8-10-19(17)25-5/h8-13,15,22H,6-7H2,1-5H3,(H,23,24). The average molecular weight is 372 g/mol. The van der Waals surface area contributed by atoms with Gasteiger partial charge in [-0.05, 0) is 57.5 Å². The Labute approximate surface area is 160 Å². The SMILES string of the molecule is CCOc1ccc(OCC)c(NC(C)C(=O)Nc2cc(C)ccc2OC)c1. The number of carbonyl (C=O) groups is 1. The molecule has 2 rings (SSSR count). The lowest BCUT2D eigenvalue weighted by Gasteiger charge is -2.19. The molecule has 6 heteroatoms. The predicted molar refractivity (Wildman–Crippen MR) is 108 cm³/mol. The Morgan fingerprint density at radius 1 is 1.00 bits per heavy atom. The molecule has 1 unspecified atom stereocenters. The van der Waals surface area contributed by atoms with Crippen LogP contribution in [0.25, 0.3) is 0 Å². The maximum Gasteiger partial charge on any atom is 0.246 e. The molecular formula is C21H28N2O4. The Kier molecular flexibility index (Phi) is 7.34. The first-order valence-electron chi connectivity index (χ1n) is 9.10. The Balaban J connectivity index is 2.16. The molecule has 0 heterocycles. The summed E-state index contributed by atoms with van der Waals surface area (Å²) >= 11 is 0. The van der Waals surface area contributed by atoms with Crippen LogP contribution in [-0.4, -0.2) is 32.3 Å². The molecule has 2 aromatic rings. The van der Waals surface area contributed by atoms with Gasteiger partial charge in [0.2, 0.25) is 5.91 Å². The van der Waals surface area contributed by atoms with Crippen LogP contribution in [0, 0.1) is 6.92 Å². The maximum absolute atomic E-state index is 12.7. The Hall–Kier alpha value is -2.89. The Morgan fingerprint density at radius 3 is 2.37 bits per heavy atom. The van der Waals surface area contributed by atoms with Crippen molar-refractivity contribution in [1.29, 1.82) is 0 Å². The summed E-state index contributed by atoms with van der Waals surface area (Å²) in [4.78, 5) is 12.7. The molecule has 146 valence electrons. The van der Waals surface area contributed by atoms with Gasteiger partial charge in [0.15, 0.2) is 0 Å². The summed E-state index contributed by atoms with van der Waals surface area (Å²) in [5.74, 6) is 1.84. The number of nitrogens with one attached hydrogen (secondary N) is 2. The normalized spacial score (nSPS) is 11.4. The second kappa shape index (κ2) is 9.71. The summed E-state index contributed by atoms with van der Waals surface area (Å²) in [5, 5.41) is 6.12. The number of anilines is 2. The van der Waals surface area contributed by atoms with Crippen LogP contribution in [0.5, 0.6) is 17.2 Å². The predicted octanol–water partition coefficient (Wildman–Crippen LogP) is 4.24. The molecule has 0 bridgehead atoms. The highest BCUT2D eigenvalue weighted by atomic mass is 16.5. The number of ether oxygens (including phenoxy) is 3. The van der Waals surface area contributed by atoms with Crippen LogP contribution in [0.3, 0.4) is 0 Å². The van der Waals surface area contributed by atoms with Crippen molar-refractivity contribution in [3.8, 4) is 17.2 Å². The molecular weight excluding hydrogens is 344 g/mol. The number of aryl methyl sites for hydroxylation is 1. The van der Waals surface area contributed by atoms with E-state index >= 15 is 0 Å². The van der Waals surface area contributed by atoms with E-state index in [1.807, 2.05) is 57.2 Å². The van der Waals surface area contributed by atoms with Crippen molar-refractivity contribution in [2.75, 3.05) is 31.0 Å². The third-order valence-corrected chi connectivity index (χ3v) is 3.94. The van der Waals surface area contributed by atoms with Gasteiger partial charge in [-0.3, -0.25) is 4.79 Å². The molecule has 27 heavy (non-hydrogen) atoms. The van der Waals surface area contributed by atoms with Gasteiger partial charge in [-0.15, -0.1) is 0 Å². The monoisotopic (exact) mass is 372 g/mol. The molecule has 0 fully saturated rings. The minimum atomic E-state index is -0.494. The molecule has 0 spiro atoms. The highest BCUT2D eigenvalue weighted by molar-refractivity contribution is 5.97. The van der Waals surface area contributed by atoms with Crippen LogP contribution in [-0.2, 0) is 4.79 Å². The lowest BCUT2D eigenvalue weighted by Crippen LogP contribution is -2.32. The zero-order valence-electron chi connectivity index (χ0n) is 16.6. The molecule has 1 atom stereocenters. The van der Waals surface area contributed by atoms with Crippen LogP contribution in [0.1, 0.15) is 26.3 Å². The highest BCUT2D eigenvalue weighted by Crippen LogP contribution is 2.30. The van der Waals surface area contributed by atoms with Gasteiger partial charge in [0.1, 0.15) is 23.3 Å². The molecule has 2 aromatic carbocycles. The van der Waals surface area contributed by atoms with Crippen LogP contribution < -0.4 is 24.8 Å². The first kappa shape index (κ1) is 20.4. The van der Waals surface area contributed by atoms with Gasteiger partial charge >= 0.3 is 0 Å². The summed E-state index contributed by atoms with van der Waals surface area (Å²) in [6.45, 7) is 8.70. The molecule has 0 aliphatic carbocycles. The smallest absolute Gasteiger partial charge is 0.246 e. The van der Waals surface area contributed by atoms with E-state index in [2.05, 4.69) is 10.6 Å². The summed E-state index contributed by atoms with van der Waals surface area (Å²) in [6.07, 6.45) is 0. The van der Waals surface area contributed by atoms with Gasteiger partial charge in [0.05, 0.1) is 31.7 Å². The van der Waals surface area contributed by atoms with E-state index < -0.39 is 6.04 Å². The zero-order valence-corrected chi connectivity index (χ0v) is 16.6. The first-order valence-corrected chi connectivity index (χ1v) is 9.10. The number of hydrogen-bond donors (Lipinski definition) is 2. The highest BCUT2D eigenvalue weighted by Gasteiger charge is 2.17. The van der Waals surface area contributed by atoms with E-state index in [1.165, 1.54) is 0 Å². The first-order chi connectivity index (χ1) is 13.0. The molecule has 0 aromatic heterocycles. The van der Waals surface area contributed by atoms with Crippen LogP contribution in [0.15, 0.2) is 36.4 Å². The molecule has 6 nitrogen and oxygen atoms in total. The van der Waals surface area contributed by atoms with Crippen molar-refractivity contribution < 1.29 is 19.0 Å². The molecule has 0 aliphatic heterocycles. The molecule has 0 saturated carbocycles. The van der Waals surface area contributed by atoms with E-state index in [0.717, 1.165) is 11.3 Å². The second-order valence-electron chi connectivity index (χ2n) is 6.08. The van der Waals surface area contributed by atoms with Gasteiger partial charge in [-0.25, -0.2) is 0 Å². The van der Waals surface area contributed by atoms with E-state index in [9.17, 15) is 4.79 Å². The maximum atomic E-state index is 12.7. The quantitative estimate of drug-likeness (QED) is 0.689. The second-order valence-corrected chi connectivity index (χ2v) is 6.08. The topological polar surface area (TPSA) is 68.8 Å². The van der Waals surface area contributed by atoms with Crippen molar-refractivity contribution >= 4 is 17.3 Å². The minimum Gasteiger partial charge on any atom is -0.495 e. The van der Waals surface area contributed by atoms with Crippen LogP contribution in [0.2, 0.25) is 0 Å². The lowest BCUT2D eigenvalue weighted by atomic mass is 10.2. The lowest BCUT2D eigenvalue weighted by molar-refractivity contribution is -0.116. The third-order valence-electron chi connectivity index (χ3n) is 3.94. The number of benzene rings is 2. The van der Waals surface area contributed by atoms with Gasteiger partial charge in [-0.2, -0.15) is 0 Å². The molecule has 1 amide bonds. The summed E-state index contributed by atoms with van der Waals surface area (Å²) in [7, 11) is 1.58. The fourth-order valence-corrected chi connectivity index (χ4v) is 2.62. The number of amides is 1. The van der Waals surface area contributed by atoms with Gasteiger partial charge < -0.3 is 24.8 Å². The molecule has 0 aliphatic rings. The van der Waals surface area contributed by atoms with Crippen LogP contribution in [0.4, 0.5) is 11.4 Å². The van der Waals surface area contributed by atoms with E-state index in [1.54, 1.807) is 14.0 Å². The fourth-order valence-electron chi connectivity index (χ4n) is 2.62. The van der Waals surface area contributed by atoms with Crippen LogP contribution >= 0.6 is 0 Å². The van der Waals surface area contributed by atoms with E-state index in [0.29, 0.717) is 36.1 Å². The summed E-state index contributed by atoms with van der Waals surface area (Å²) in [5.41, 5.74) is 2.39. The van der Waals surface area contributed by atoms with Gasteiger partial charge in [0.25, 0.3) is 0 Å². The minimum absolute atomic E-state index is 0.178. The largest absolute Gasteiger partial charge is 0.495 e. The van der Waals surface area contributed by atoms with E-state index in [4.69, 9.17) is 14.2 Å².